The van der Waals surface area contributed by atoms with Crippen LogP contribution >= 0.6 is 15.9 Å². The van der Waals surface area contributed by atoms with Crippen LogP contribution in [0.25, 0.3) is 0 Å². The van der Waals surface area contributed by atoms with Crippen LogP contribution in [0.5, 0.6) is 11.5 Å². The number of hydrazone groups is 1. The molecule has 0 heterocycles. The monoisotopic (exact) mass is 584 g/mol. The van der Waals surface area contributed by atoms with Crippen LogP contribution in [0.15, 0.2) is 76.3 Å². The Kier molecular flexibility index (Phi) is 10.4. The second kappa shape index (κ2) is 13.9. The fourth-order valence-electron chi connectivity index (χ4n) is 3.07. The van der Waals surface area contributed by atoms with E-state index in [1.54, 1.807) is 49.4 Å². The van der Waals surface area contributed by atoms with Crippen molar-refractivity contribution in [3.05, 3.63) is 82.6 Å². The molecule has 0 spiro atoms. The van der Waals surface area contributed by atoms with Crippen molar-refractivity contribution in [3.8, 4) is 11.5 Å². The third-order valence-electron chi connectivity index (χ3n) is 5.08. The Morgan fingerprint density at radius 1 is 0.947 bits per heavy atom. The molecule has 3 N–H and O–H groups in total. The summed E-state index contributed by atoms with van der Waals surface area (Å²) in [7, 11) is 0. The molecule has 0 aliphatic rings. The molecule has 3 aromatic rings. The number of carbonyl (C=O) groups is 3. The normalized spacial score (nSPS) is 11.5. The lowest BCUT2D eigenvalue weighted by Crippen LogP contribution is -2.34. The number of amides is 3. The van der Waals surface area contributed by atoms with Crippen LogP contribution < -0.4 is 25.5 Å². The number of nitrogens with one attached hydrogen (secondary N) is 3. The lowest BCUT2D eigenvalue weighted by atomic mass is 10.1. The smallest absolute Gasteiger partial charge is 0.262 e. The van der Waals surface area contributed by atoms with Crippen molar-refractivity contribution in [2.45, 2.75) is 13.8 Å². The van der Waals surface area contributed by atoms with Crippen molar-refractivity contribution in [2.75, 3.05) is 23.8 Å². The molecular formula is C27H26BrFN4O5. The van der Waals surface area contributed by atoms with Gasteiger partial charge >= 0.3 is 0 Å². The van der Waals surface area contributed by atoms with Crippen molar-refractivity contribution < 1.29 is 28.2 Å². The second-order valence-corrected chi connectivity index (χ2v) is 8.74. The zero-order valence-corrected chi connectivity index (χ0v) is 22.3. The summed E-state index contributed by atoms with van der Waals surface area (Å²) in [4.78, 5) is 36.9. The van der Waals surface area contributed by atoms with Crippen LogP contribution in [0.3, 0.4) is 0 Å². The van der Waals surface area contributed by atoms with Gasteiger partial charge in [0.05, 0.1) is 24.2 Å². The summed E-state index contributed by atoms with van der Waals surface area (Å²) in [5.74, 6) is -2.50. The minimum absolute atomic E-state index is 0.0551. The fraction of sp³-hybridized carbons (Fsp3) is 0.185. The predicted molar refractivity (Wildman–Crippen MR) is 146 cm³/mol. The number of hydrogen-bond donors (Lipinski definition) is 3. The maximum atomic E-state index is 13.7. The molecule has 0 aliphatic carbocycles. The number of anilines is 2. The van der Waals surface area contributed by atoms with Crippen LogP contribution in [0.1, 0.15) is 19.4 Å². The molecule has 38 heavy (non-hydrogen) atoms. The number of halogens is 2. The first-order valence-electron chi connectivity index (χ1n) is 11.6. The molecule has 0 fully saturated rings. The van der Waals surface area contributed by atoms with E-state index in [0.29, 0.717) is 33.8 Å². The molecule has 0 aromatic heterocycles. The molecule has 0 saturated carbocycles. The van der Waals surface area contributed by atoms with Gasteiger partial charge in [0, 0.05) is 4.47 Å². The summed E-state index contributed by atoms with van der Waals surface area (Å²) >= 11 is 3.34. The number of ether oxygens (including phenoxy) is 2. The number of carbonyl (C=O) groups excluding carboxylic acids is 3. The van der Waals surface area contributed by atoms with Gasteiger partial charge in [-0.3, -0.25) is 14.4 Å². The lowest BCUT2D eigenvalue weighted by molar-refractivity contribution is -0.131. The van der Waals surface area contributed by atoms with Crippen molar-refractivity contribution in [1.82, 2.24) is 5.43 Å². The van der Waals surface area contributed by atoms with Crippen LogP contribution in [0, 0.1) is 11.7 Å². The van der Waals surface area contributed by atoms with Gasteiger partial charge in [-0.2, -0.15) is 5.10 Å². The Bertz CT molecular complexity index is 1330. The van der Waals surface area contributed by atoms with Gasteiger partial charge in [-0.15, -0.1) is 0 Å². The first-order chi connectivity index (χ1) is 18.3. The predicted octanol–water partition coefficient (Wildman–Crippen LogP) is 4.73. The minimum atomic E-state index is -0.996. The Morgan fingerprint density at radius 2 is 1.66 bits per heavy atom. The van der Waals surface area contributed by atoms with Gasteiger partial charge in [0.25, 0.3) is 11.8 Å². The van der Waals surface area contributed by atoms with E-state index in [1.807, 2.05) is 6.07 Å². The standard InChI is InChI=1S/C27H26BrFN4O5/c1-3-37-24-14-18(12-13-23(24)38-16-25(34)31-22-11-7-5-9-20(22)29)15-30-33-27(36)17(2)26(35)32-21-10-6-4-8-19(21)28/h4-15,17H,3,16H2,1-2H3,(H,31,34)(H,32,35)(H,33,36). The van der Waals surface area contributed by atoms with Crippen LogP contribution in [0.4, 0.5) is 15.8 Å². The number of nitrogens with zero attached hydrogens (tertiary/aromatic N) is 1. The van der Waals surface area contributed by atoms with E-state index in [4.69, 9.17) is 9.47 Å². The average Bonchev–Trinajstić information content (AvgIpc) is 2.90. The van der Waals surface area contributed by atoms with Crippen LogP contribution in [-0.2, 0) is 14.4 Å². The highest BCUT2D eigenvalue weighted by molar-refractivity contribution is 9.10. The Labute approximate surface area is 227 Å². The molecule has 0 radical (unpaired) electrons. The van der Waals surface area contributed by atoms with Crippen LogP contribution in [0.2, 0.25) is 0 Å². The van der Waals surface area contributed by atoms with E-state index in [-0.39, 0.29) is 12.3 Å². The zero-order valence-electron chi connectivity index (χ0n) is 20.7. The topological polar surface area (TPSA) is 118 Å². The molecule has 3 rings (SSSR count). The minimum Gasteiger partial charge on any atom is -0.490 e. The van der Waals surface area contributed by atoms with Gasteiger partial charge in [-0.05, 0) is 77.8 Å². The summed E-state index contributed by atoms with van der Waals surface area (Å²) < 4.78 is 25.6. The number of benzene rings is 3. The largest absolute Gasteiger partial charge is 0.490 e. The third kappa shape index (κ3) is 8.13. The maximum Gasteiger partial charge on any atom is 0.262 e. The van der Waals surface area contributed by atoms with Gasteiger partial charge in [0.1, 0.15) is 11.7 Å². The van der Waals surface area contributed by atoms with Gasteiger partial charge in [0.2, 0.25) is 5.91 Å². The summed E-state index contributed by atoms with van der Waals surface area (Å²) in [6.45, 7) is 3.23. The first kappa shape index (κ1) is 28.3. The number of para-hydroxylation sites is 2. The van der Waals surface area contributed by atoms with Gasteiger partial charge in [-0.1, -0.05) is 24.3 Å². The highest BCUT2D eigenvalue weighted by Crippen LogP contribution is 2.28. The van der Waals surface area contributed by atoms with E-state index < -0.39 is 29.5 Å². The summed E-state index contributed by atoms with van der Waals surface area (Å²) in [6, 6.07) is 17.7. The van der Waals surface area contributed by atoms with E-state index >= 15 is 0 Å². The highest BCUT2D eigenvalue weighted by Gasteiger charge is 2.21. The quantitative estimate of drug-likeness (QED) is 0.171. The Balaban J connectivity index is 1.56. The van der Waals surface area contributed by atoms with E-state index in [1.165, 1.54) is 31.3 Å². The Morgan fingerprint density at radius 3 is 2.37 bits per heavy atom. The molecule has 1 atom stereocenters. The van der Waals surface area contributed by atoms with E-state index in [0.717, 1.165) is 0 Å². The SMILES string of the molecule is CCOc1cc(C=NNC(=O)C(C)C(=O)Nc2ccccc2Br)ccc1OCC(=O)Nc1ccccc1F. The van der Waals surface area contributed by atoms with Crippen LogP contribution in [-0.4, -0.2) is 37.1 Å². The molecule has 0 bridgehead atoms. The van der Waals surface area contributed by atoms with Crippen molar-refractivity contribution in [1.29, 1.82) is 0 Å². The third-order valence-corrected chi connectivity index (χ3v) is 5.77. The molecular weight excluding hydrogens is 559 g/mol. The van der Waals surface area contributed by atoms with Gasteiger partial charge in [0.15, 0.2) is 18.1 Å². The molecule has 9 nitrogen and oxygen atoms in total. The zero-order chi connectivity index (χ0) is 27.5. The molecule has 3 amide bonds. The van der Waals surface area contributed by atoms with E-state index in [2.05, 4.69) is 37.1 Å². The van der Waals surface area contributed by atoms with Crippen molar-refractivity contribution in [2.24, 2.45) is 11.0 Å². The average molecular weight is 585 g/mol. The van der Waals surface area contributed by atoms with Crippen molar-refractivity contribution >= 4 is 51.2 Å². The fourth-order valence-corrected chi connectivity index (χ4v) is 3.46. The molecule has 198 valence electrons. The van der Waals surface area contributed by atoms with E-state index in [9.17, 15) is 18.8 Å². The van der Waals surface area contributed by atoms with Gasteiger partial charge < -0.3 is 20.1 Å². The lowest BCUT2D eigenvalue weighted by Gasteiger charge is -2.13. The summed E-state index contributed by atoms with van der Waals surface area (Å²) in [5.41, 5.74) is 3.53. The molecule has 11 heteroatoms. The maximum absolute atomic E-state index is 13.7. The summed E-state index contributed by atoms with van der Waals surface area (Å²) in [6.07, 6.45) is 1.38. The van der Waals surface area contributed by atoms with Crippen molar-refractivity contribution in [3.63, 3.8) is 0 Å². The van der Waals surface area contributed by atoms with Gasteiger partial charge in [-0.25, -0.2) is 9.82 Å². The molecule has 0 saturated heterocycles. The molecule has 3 aromatic carbocycles. The summed E-state index contributed by atoms with van der Waals surface area (Å²) in [5, 5.41) is 9.05. The first-order valence-corrected chi connectivity index (χ1v) is 12.4. The highest BCUT2D eigenvalue weighted by atomic mass is 79.9. The number of hydrogen-bond acceptors (Lipinski definition) is 6. The molecule has 1 unspecified atom stereocenters. The number of rotatable bonds is 11. The second-order valence-electron chi connectivity index (χ2n) is 7.88. The Hall–Kier alpha value is -4.25. The molecule has 0 aliphatic heterocycles.